The molecule has 0 saturated carbocycles. The fourth-order valence-electron chi connectivity index (χ4n) is 2.55. The molecule has 0 aliphatic rings. The van der Waals surface area contributed by atoms with Crippen molar-refractivity contribution in [2.24, 2.45) is 0 Å². The maximum absolute atomic E-state index is 11.0. The van der Waals surface area contributed by atoms with Gasteiger partial charge >= 0.3 is 5.97 Å². The summed E-state index contributed by atoms with van der Waals surface area (Å²) < 4.78 is 0. The monoisotopic (exact) mass is 335 g/mol. The van der Waals surface area contributed by atoms with Crippen molar-refractivity contribution in [2.75, 3.05) is 0 Å². The number of phenols is 1. The number of halogens is 2. The largest absolute Gasteiger partial charge is 0.508 e. The Balaban J connectivity index is 2.34. The van der Waals surface area contributed by atoms with Gasteiger partial charge in [-0.3, -0.25) is 4.79 Å². The summed E-state index contributed by atoms with van der Waals surface area (Å²) >= 11 is 12.3. The minimum absolute atomic E-state index is 0.0577. The van der Waals surface area contributed by atoms with Crippen molar-refractivity contribution in [3.8, 4) is 16.9 Å². The molecule has 0 aliphatic heterocycles. The molecule has 0 spiro atoms. The number of H-pyrrole nitrogens is 1. The fourth-order valence-corrected chi connectivity index (χ4v) is 2.95. The van der Waals surface area contributed by atoms with E-state index in [1.807, 2.05) is 0 Å². The van der Waals surface area contributed by atoms with E-state index < -0.39 is 5.97 Å². The van der Waals surface area contributed by atoms with Gasteiger partial charge in [0, 0.05) is 28.7 Å². The Morgan fingerprint density at radius 2 is 1.95 bits per heavy atom. The van der Waals surface area contributed by atoms with Crippen molar-refractivity contribution in [2.45, 2.75) is 6.42 Å². The van der Waals surface area contributed by atoms with Gasteiger partial charge in [0.05, 0.1) is 16.5 Å². The van der Waals surface area contributed by atoms with Crippen LogP contribution in [0.15, 0.2) is 36.5 Å². The van der Waals surface area contributed by atoms with E-state index in [-0.39, 0.29) is 12.2 Å². The van der Waals surface area contributed by atoms with Gasteiger partial charge in [-0.1, -0.05) is 35.3 Å². The average molecular weight is 336 g/mol. The average Bonchev–Trinajstić information content (AvgIpc) is 2.83. The first-order valence-electron chi connectivity index (χ1n) is 6.46. The Labute approximate surface area is 135 Å². The highest BCUT2D eigenvalue weighted by Crippen LogP contribution is 2.40. The van der Waals surface area contributed by atoms with E-state index in [0.717, 1.165) is 0 Å². The first-order chi connectivity index (χ1) is 10.5. The van der Waals surface area contributed by atoms with Crippen molar-refractivity contribution in [1.82, 2.24) is 4.98 Å². The first-order valence-corrected chi connectivity index (χ1v) is 7.22. The van der Waals surface area contributed by atoms with Gasteiger partial charge < -0.3 is 15.2 Å². The third-order valence-electron chi connectivity index (χ3n) is 3.43. The summed E-state index contributed by atoms with van der Waals surface area (Å²) in [7, 11) is 0. The number of aliphatic carboxylic acids is 1. The molecule has 0 saturated heterocycles. The van der Waals surface area contributed by atoms with Crippen molar-refractivity contribution >= 4 is 40.1 Å². The second-order valence-corrected chi connectivity index (χ2v) is 5.69. The molecular weight excluding hydrogens is 325 g/mol. The Hall–Kier alpha value is -2.17. The maximum atomic E-state index is 11.0. The van der Waals surface area contributed by atoms with Crippen LogP contribution in [-0.4, -0.2) is 21.2 Å². The van der Waals surface area contributed by atoms with Gasteiger partial charge in [0.2, 0.25) is 0 Å². The number of nitrogens with one attached hydrogen (secondary N) is 1. The summed E-state index contributed by atoms with van der Waals surface area (Å²) in [6, 6.07) is 8.30. The minimum Gasteiger partial charge on any atom is -0.508 e. The van der Waals surface area contributed by atoms with Gasteiger partial charge in [0.25, 0.3) is 0 Å². The van der Waals surface area contributed by atoms with Crippen LogP contribution in [0.5, 0.6) is 5.75 Å². The van der Waals surface area contributed by atoms with E-state index in [1.54, 1.807) is 36.5 Å². The second-order valence-electron chi connectivity index (χ2n) is 4.90. The Morgan fingerprint density at radius 3 is 2.68 bits per heavy atom. The standard InChI is InChI=1S/C16H11Cl2NO3/c17-12-3-1-2-10(16(12)18)11-5-9(20)6-13-15(11)8(7-19-13)4-14(21)22/h1-3,5-7,19-20H,4H2,(H,21,22). The lowest BCUT2D eigenvalue weighted by molar-refractivity contribution is -0.136. The fraction of sp³-hybridized carbons (Fsp3) is 0.0625. The maximum Gasteiger partial charge on any atom is 0.307 e. The van der Waals surface area contributed by atoms with Gasteiger partial charge in [-0.15, -0.1) is 0 Å². The van der Waals surface area contributed by atoms with Crippen molar-refractivity contribution in [3.63, 3.8) is 0 Å². The molecule has 0 fully saturated rings. The number of aromatic hydroxyl groups is 1. The number of aromatic amines is 1. The molecule has 112 valence electrons. The Kier molecular flexibility index (Phi) is 3.72. The lowest BCUT2D eigenvalue weighted by Gasteiger charge is -2.10. The van der Waals surface area contributed by atoms with Crippen molar-refractivity contribution in [1.29, 1.82) is 0 Å². The highest BCUT2D eigenvalue weighted by atomic mass is 35.5. The van der Waals surface area contributed by atoms with Crippen LogP contribution in [0.4, 0.5) is 0 Å². The number of carboxylic acid groups (broad SMARTS) is 1. The molecule has 6 heteroatoms. The van der Waals surface area contributed by atoms with Gasteiger partial charge in [-0.2, -0.15) is 0 Å². The van der Waals surface area contributed by atoms with E-state index >= 15 is 0 Å². The van der Waals surface area contributed by atoms with Crippen LogP contribution in [0.25, 0.3) is 22.0 Å². The summed E-state index contributed by atoms with van der Waals surface area (Å²) in [6.45, 7) is 0. The number of benzene rings is 2. The normalized spacial score (nSPS) is 11.0. The highest BCUT2D eigenvalue weighted by Gasteiger charge is 2.16. The molecule has 1 heterocycles. The molecule has 0 atom stereocenters. The van der Waals surface area contributed by atoms with Gasteiger partial charge in [0.15, 0.2) is 0 Å². The molecule has 4 nitrogen and oxygen atoms in total. The van der Waals surface area contributed by atoms with Crippen LogP contribution in [0, 0.1) is 0 Å². The third-order valence-corrected chi connectivity index (χ3v) is 4.25. The zero-order valence-electron chi connectivity index (χ0n) is 11.2. The molecular formula is C16H11Cl2NO3. The van der Waals surface area contributed by atoms with Crippen LogP contribution in [-0.2, 0) is 11.2 Å². The smallest absolute Gasteiger partial charge is 0.307 e. The minimum atomic E-state index is -0.933. The molecule has 0 radical (unpaired) electrons. The second kappa shape index (κ2) is 5.55. The highest BCUT2D eigenvalue weighted by molar-refractivity contribution is 6.44. The summed E-state index contributed by atoms with van der Waals surface area (Å²) in [6.07, 6.45) is 1.50. The van der Waals surface area contributed by atoms with Crippen LogP contribution in [0.1, 0.15) is 5.56 Å². The zero-order valence-corrected chi connectivity index (χ0v) is 12.7. The van der Waals surface area contributed by atoms with E-state index in [0.29, 0.717) is 37.6 Å². The molecule has 0 bridgehead atoms. The number of phenolic OH excluding ortho intramolecular Hbond substituents is 1. The van der Waals surface area contributed by atoms with Crippen LogP contribution < -0.4 is 0 Å². The molecule has 0 amide bonds. The summed E-state index contributed by atoms with van der Waals surface area (Å²) in [5.74, 6) is -0.876. The summed E-state index contributed by atoms with van der Waals surface area (Å²) in [5.41, 5.74) is 2.54. The Bertz CT molecular complexity index is 886. The molecule has 0 unspecified atom stereocenters. The third kappa shape index (κ3) is 2.51. The molecule has 3 rings (SSSR count). The molecule has 3 N–H and O–H groups in total. The van der Waals surface area contributed by atoms with Gasteiger partial charge in [0.1, 0.15) is 5.75 Å². The van der Waals surface area contributed by atoms with Crippen molar-refractivity contribution in [3.05, 3.63) is 52.1 Å². The molecule has 1 aromatic heterocycles. The van der Waals surface area contributed by atoms with E-state index in [9.17, 15) is 9.90 Å². The number of carboxylic acids is 1. The predicted molar refractivity (Wildman–Crippen MR) is 86.8 cm³/mol. The van der Waals surface area contributed by atoms with Crippen molar-refractivity contribution < 1.29 is 15.0 Å². The number of fused-ring (bicyclic) bond motifs is 1. The zero-order chi connectivity index (χ0) is 15.9. The van der Waals surface area contributed by atoms with E-state index in [2.05, 4.69) is 4.98 Å². The number of hydrogen-bond acceptors (Lipinski definition) is 2. The quantitative estimate of drug-likeness (QED) is 0.660. The van der Waals surface area contributed by atoms with E-state index in [1.165, 1.54) is 0 Å². The number of rotatable bonds is 3. The SMILES string of the molecule is O=C(O)Cc1c[nH]c2cc(O)cc(-c3cccc(Cl)c3Cl)c12. The van der Waals surface area contributed by atoms with Crippen LogP contribution >= 0.6 is 23.2 Å². The lowest BCUT2D eigenvalue weighted by Crippen LogP contribution is -1.99. The summed E-state index contributed by atoms with van der Waals surface area (Å²) in [4.78, 5) is 14.0. The van der Waals surface area contributed by atoms with Gasteiger partial charge in [-0.05, 0) is 23.3 Å². The summed E-state index contributed by atoms with van der Waals surface area (Å²) in [5, 5.41) is 20.4. The Morgan fingerprint density at radius 1 is 1.18 bits per heavy atom. The lowest BCUT2D eigenvalue weighted by atomic mass is 9.97. The number of carbonyl (C=O) groups is 1. The molecule has 0 aliphatic carbocycles. The first kappa shape index (κ1) is 14.8. The molecule has 2 aromatic carbocycles. The molecule has 22 heavy (non-hydrogen) atoms. The van der Waals surface area contributed by atoms with E-state index in [4.69, 9.17) is 28.3 Å². The topological polar surface area (TPSA) is 73.3 Å². The predicted octanol–water partition coefficient (Wildman–Crippen LogP) is 4.47. The van der Waals surface area contributed by atoms with Crippen LogP contribution in [0.2, 0.25) is 10.0 Å². The van der Waals surface area contributed by atoms with Gasteiger partial charge in [-0.25, -0.2) is 0 Å². The number of hydrogen-bond donors (Lipinski definition) is 3. The molecule has 3 aromatic rings. The number of aromatic nitrogens is 1. The van der Waals surface area contributed by atoms with Crippen LogP contribution in [0.3, 0.4) is 0 Å².